The second kappa shape index (κ2) is 9.94. The van der Waals surface area contributed by atoms with Crippen molar-refractivity contribution in [1.82, 2.24) is 0 Å². The van der Waals surface area contributed by atoms with E-state index in [-0.39, 0.29) is 12.0 Å². The van der Waals surface area contributed by atoms with Gasteiger partial charge in [0.25, 0.3) is 0 Å². The standard InChI is InChI=1S/C21H28O4/c1-16-7-6-10-19(13-16)25-15-18(22)9-5-4-8-17-11-12-20(23-2)21(14-17)24-3/h6-7,10-14,18,22H,4-5,8-9,15H2,1-3H3/i6D,7D,9D2,10D,13D,15D2,18D. The average molecular weight is 354 g/mol. The summed E-state index contributed by atoms with van der Waals surface area (Å²) in [6.07, 6.45) is -6.12. The van der Waals surface area contributed by atoms with Crippen LogP contribution in [0.25, 0.3) is 0 Å². The number of aryl methyl sites for hydroxylation is 1. The number of ether oxygens (including phenoxy) is 3. The summed E-state index contributed by atoms with van der Waals surface area (Å²) in [5.74, 6) is 0.277. The second-order valence-electron chi connectivity index (χ2n) is 5.23. The fourth-order valence-electron chi connectivity index (χ4n) is 2.14. The van der Waals surface area contributed by atoms with Crippen LogP contribution in [-0.2, 0) is 6.42 Å². The summed E-state index contributed by atoms with van der Waals surface area (Å²) in [4.78, 5) is 0. The zero-order chi connectivity index (χ0) is 26.1. The highest BCUT2D eigenvalue weighted by Crippen LogP contribution is 2.28. The normalized spacial score (nSPS) is 19.4. The van der Waals surface area contributed by atoms with Gasteiger partial charge in [-0.15, -0.1) is 0 Å². The summed E-state index contributed by atoms with van der Waals surface area (Å²) in [5, 5.41) is 10.6. The Bertz CT molecular complexity index is 1010. The lowest BCUT2D eigenvalue weighted by molar-refractivity contribution is 0.0976. The molecule has 0 aliphatic carbocycles. The van der Waals surface area contributed by atoms with Crippen LogP contribution in [0, 0.1) is 6.92 Å². The Hall–Kier alpha value is -2.20. The molecule has 0 heterocycles. The largest absolute Gasteiger partial charge is 0.493 e. The molecule has 2 aromatic carbocycles. The van der Waals surface area contributed by atoms with Crippen molar-refractivity contribution in [2.45, 2.75) is 38.6 Å². The minimum Gasteiger partial charge on any atom is -0.493 e. The zero-order valence-electron chi connectivity index (χ0n) is 23.5. The first-order valence-corrected chi connectivity index (χ1v) is 7.80. The van der Waals surface area contributed by atoms with Crippen LogP contribution in [-0.4, -0.2) is 32.0 Å². The van der Waals surface area contributed by atoms with Crippen molar-refractivity contribution in [3.05, 3.63) is 53.5 Å². The monoisotopic (exact) mass is 353 g/mol. The molecule has 0 bridgehead atoms. The van der Waals surface area contributed by atoms with E-state index in [0.717, 1.165) is 5.56 Å². The van der Waals surface area contributed by atoms with E-state index in [4.69, 9.17) is 26.5 Å². The van der Waals surface area contributed by atoms with E-state index in [2.05, 4.69) is 0 Å². The summed E-state index contributed by atoms with van der Waals surface area (Å²) in [7, 11) is 2.98. The van der Waals surface area contributed by atoms with Gasteiger partial charge in [0.1, 0.15) is 12.3 Å². The highest BCUT2D eigenvalue weighted by atomic mass is 16.5. The molecule has 0 amide bonds. The van der Waals surface area contributed by atoms with Crippen molar-refractivity contribution in [3.63, 3.8) is 0 Å². The lowest BCUT2D eigenvalue weighted by Gasteiger charge is -2.13. The molecule has 0 aromatic heterocycles. The van der Waals surface area contributed by atoms with Crippen LogP contribution < -0.4 is 14.2 Å². The van der Waals surface area contributed by atoms with Crippen LogP contribution in [0.2, 0.25) is 0 Å². The third-order valence-electron chi connectivity index (χ3n) is 3.36. The number of benzene rings is 2. The van der Waals surface area contributed by atoms with Crippen molar-refractivity contribution in [2.24, 2.45) is 0 Å². The maximum Gasteiger partial charge on any atom is 0.160 e. The predicted octanol–water partition coefficient (Wildman–Crippen LogP) is 4.16. The molecule has 2 aromatic rings. The zero-order valence-corrected chi connectivity index (χ0v) is 14.5. The predicted molar refractivity (Wildman–Crippen MR) is 99.8 cm³/mol. The smallest absolute Gasteiger partial charge is 0.160 e. The van der Waals surface area contributed by atoms with Crippen LogP contribution >= 0.6 is 0 Å². The van der Waals surface area contributed by atoms with Gasteiger partial charge in [-0.25, -0.2) is 0 Å². The summed E-state index contributed by atoms with van der Waals surface area (Å²) in [6.45, 7) is -2.06. The van der Waals surface area contributed by atoms with Crippen LogP contribution in [0.15, 0.2) is 42.4 Å². The maximum atomic E-state index is 10.6. The SMILES string of the molecule is [2H]c1c([2H])c(C)c([2H])c(OC([2H])([2H])C([2H])(O)C([2H])([2H])CCCc2ccc(OC)c(OC)c2)c1[2H]. The van der Waals surface area contributed by atoms with E-state index in [0.29, 0.717) is 17.9 Å². The number of methoxy groups -OCH3 is 2. The Labute approximate surface area is 163 Å². The molecule has 4 heteroatoms. The molecular weight excluding hydrogens is 316 g/mol. The van der Waals surface area contributed by atoms with Crippen LogP contribution in [0.4, 0.5) is 0 Å². The topological polar surface area (TPSA) is 47.9 Å². The van der Waals surface area contributed by atoms with Gasteiger partial charge in [0.05, 0.1) is 29.9 Å². The minimum absolute atomic E-state index is 0.0433. The number of rotatable bonds is 10. The second-order valence-corrected chi connectivity index (χ2v) is 5.23. The van der Waals surface area contributed by atoms with E-state index < -0.39 is 55.4 Å². The summed E-state index contributed by atoms with van der Waals surface area (Å²) in [5.41, 5.74) is 0.742. The van der Waals surface area contributed by atoms with Gasteiger partial charge in [-0.2, -0.15) is 0 Å². The van der Waals surface area contributed by atoms with Gasteiger partial charge in [0, 0.05) is 2.74 Å². The molecular formula is C21H28O4. The molecule has 0 radical (unpaired) electrons. The van der Waals surface area contributed by atoms with Gasteiger partial charge in [0.2, 0.25) is 0 Å². The van der Waals surface area contributed by atoms with Crippen molar-refractivity contribution in [2.75, 3.05) is 20.8 Å². The lowest BCUT2D eigenvalue weighted by Crippen LogP contribution is -2.17. The highest BCUT2D eigenvalue weighted by Gasteiger charge is 2.07. The third-order valence-corrected chi connectivity index (χ3v) is 3.36. The van der Waals surface area contributed by atoms with E-state index in [9.17, 15) is 5.11 Å². The Balaban J connectivity index is 2.21. The van der Waals surface area contributed by atoms with Crippen molar-refractivity contribution in [1.29, 1.82) is 0 Å². The van der Waals surface area contributed by atoms with Gasteiger partial charge < -0.3 is 19.3 Å². The molecule has 1 atom stereocenters. The molecule has 0 saturated carbocycles. The first-order valence-electron chi connectivity index (χ1n) is 12.3. The van der Waals surface area contributed by atoms with Crippen molar-refractivity contribution >= 4 is 0 Å². The summed E-state index contributed by atoms with van der Waals surface area (Å²) in [6, 6.07) is 2.87. The fraction of sp³-hybridized carbons (Fsp3) is 0.429. The summed E-state index contributed by atoms with van der Waals surface area (Å²) >= 11 is 0. The van der Waals surface area contributed by atoms with Crippen LogP contribution in [0.1, 0.15) is 42.7 Å². The number of hydrogen-bond donors (Lipinski definition) is 1. The van der Waals surface area contributed by atoms with E-state index in [1.807, 2.05) is 0 Å². The minimum atomic E-state index is -3.42. The Morgan fingerprint density at radius 3 is 2.76 bits per heavy atom. The van der Waals surface area contributed by atoms with Crippen molar-refractivity contribution in [3.8, 4) is 17.2 Å². The Kier molecular flexibility index (Phi) is 4.01. The van der Waals surface area contributed by atoms with Gasteiger partial charge in [-0.1, -0.05) is 24.6 Å². The first kappa shape index (κ1) is 10.1. The first-order chi connectivity index (χ1) is 15.6. The molecule has 0 saturated heterocycles. The van der Waals surface area contributed by atoms with Crippen molar-refractivity contribution < 1.29 is 31.7 Å². The maximum absolute atomic E-state index is 10.6. The quantitative estimate of drug-likeness (QED) is 0.696. The van der Waals surface area contributed by atoms with Gasteiger partial charge in [-0.05, 0) is 61.5 Å². The van der Waals surface area contributed by atoms with E-state index in [1.54, 1.807) is 18.2 Å². The Morgan fingerprint density at radius 2 is 2.00 bits per heavy atom. The van der Waals surface area contributed by atoms with Gasteiger partial charge in [-0.3, -0.25) is 0 Å². The highest BCUT2D eigenvalue weighted by molar-refractivity contribution is 5.42. The third kappa shape index (κ3) is 6.31. The molecule has 1 N–H and O–H groups in total. The van der Waals surface area contributed by atoms with E-state index >= 15 is 0 Å². The molecule has 0 aliphatic heterocycles. The van der Waals surface area contributed by atoms with Gasteiger partial charge in [0.15, 0.2) is 11.5 Å². The molecule has 2 rings (SSSR count). The number of aliphatic hydroxyl groups is 1. The molecule has 0 spiro atoms. The lowest BCUT2D eigenvalue weighted by atomic mass is 10.0. The van der Waals surface area contributed by atoms with Crippen LogP contribution in [0.5, 0.6) is 17.2 Å². The number of hydrogen-bond acceptors (Lipinski definition) is 4. The van der Waals surface area contributed by atoms with E-state index in [1.165, 1.54) is 21.1 Å². The molecule has 136 valence electrons. The average Bonchev–Trinajstić information content (AvgIpc) is 2.78. The Morgan fingerprint density at radius 1 is 1.20 bits per heavy atom. The molecule has 0 fully saturated rings. The summed E-state index contributed by atoms with van der Waals surface area (Å²) < 4.78 is 87.5. The van der Waals surface area contributed by atoms with Gasteiger partial charge >= 0.3 is 0 Å². The fourth-order valence-corrected chi connectivity index (χ4v) is 2.14. The molecule has 4 nitrogen and oxygen atoms in total. The molecule has 1 unspecified atom stereocenters. The van der Waals surface area contributed by atoms with Crippen LogP contribution in [0.3, 0.4) is 0 Å². The molecule has 0 aliphatic rings. The molecule has 25 heavy (non-hydrogen) atoms.